The lowest BCUT2D eigenvalue weighted by Gasteiger charge is -2.14. The zero-order valence-corrected chi connectivity index (χ0v) is 11.2. The summed E-state index contributed by atoms with van der Waals surface area (Å²) in [6, 6.07) is 0. The maximum atomic E-state index is 12.5. The Hall–Kier alpha value is -0.250. The zero-order valence-electron chi connectivity index (χ0n) is 10.4. The van der Waals surface area contributed by atoms with Gasteiger partial charge < -0.3 is 5.11 Å². The first-order chi connectivity index (χ1) is 7.43. The molecular weight excluding hydrogens is 227 g/mol. The largest absolute Gasteiger partial charge is 0.480 e. The second kappa shape index (κ2) is 8.85. The van der Waals surface area contributed by atoms with Gasteiger partial charge in [0.2, 0.25) is 0 Å². The van der Waals surface area contributed by atoms with Crippen LogP contribution in [0.25, 0.3) is 0 Å². The molecule has 0 saturated heterocycles. The standard InChI is InChI=1S/C12H23FO2S/c1-9(2)8-11(12(14)15)16-7-5-4-6-10(3)13/h9-11H,4-8H2,1-3H3,(H,14,15). The molecule has 0 spiro atoms. The van der Waals surface area contributed by atoms with Gasteiger partial charge in [-0.15, -0.1) is 11.8 Å². The van der Waals surface area contributed by atoms with E-state index in [0.717, 1.165) is 18.6 Å². The van der Waals surface area contributed by atoms with Gasteiger partial charge in [-0.3, -0.25) is 4.79 Å². The summed E-state index contributed by atoms with van der Waals surface area (Å²) in [4.78, 5) is 10.9. The first-order valence-electron chi connectivity index (χ1n) is 5.92. The number of carboxylic acid groups (broad SMARTS) is 1. The van der Waals surface area contributed by atoms with E-state index in [1.807, 2.05) is 13.8 Å². The molecule has 0 aromatic heterocycles. The molecule has 2 atom stereocenters. The van der Waals surface area contributed by atoms with Crippen molar-refractivity contribution in [3.63, 3.8) is 0 Å². The predicted octanol–water partition coefficient (Wildman–Crippen LogP) is 3.75. The molecule has 1 N–H and O–H groups in total. The minimum atomic E-state index is -0.740. The fourth-order valence-electron chi connectivity index (χ4n) is 1.42. The van der Waals surface area contributed by atoms with Crippen molar-refractivity contribution in [2.24, 2.45) is 5.92 Å². The summed E-state index contributed by atoms with van der Waals surface area (Å²) in [6.07, 6.45) is 2.30. The highest BCUT2D eigenvalue weighted by Crippen LogP contribution is 2.21. The molecule has 0 radical (unpaired) electrons. The third-order valence-corrected chi connectivity index (χ3v) is 3.60. The van der Waals surface area contributed by atoms with Crippen LogP contribution in [0.5, 0.6) is 0 Å². The molecule has 0 aromatic carbocycles. The summed E-state index contributed by atoms with van der Waals surface area (Å²) < 4.78 is 12.5. The number of unbranched alkanes of at least 4 members (excludes halogenated alkanes) is 1. The normalized spacial score (nSPS) is 15.1. The minimum absolute atomic E-state index is 0.303. The molecule has 0 aromatic rings. The van der Waals surface area contributed by atoms with Crippen molar-refractivity contribution >= 4 is 17.7 Å². The molecule has 0 heterocycles. The first-order valence-corrected chi connectivity index (χ1v) is 6.96. The van der Waals surface area contributed by atoms with E-state index >= 15 is 0 Å². The van der Waals surface area contributed by atoms with Gasteiger partial charge in [-0.05, 0) is 44.3 Å². The van der Waals surface area contributed by atoms with Crippen molar-refractivity contribution in [2.75, 3.05) is 5.75 Å². The lowest BCUT2D eigenvalue weighted by atomic mass is 10.1. The number of aliphatic carboxylic acids is 1. The number of carbonyl (C=O) groups is 1. The molecule has 96 valence electrons. The Kier molecular flexibility index (Phi) is 8.71. The smallest absolute Gasteiger partial charge is 0.316 e. The van der Waals surface area contributed by atoms with Gasteiger partial charge in [0.05, 0.1) is 6.17 Å². The van der Waals surface area contributed by atoms with Gasteiger partial charge in [-0.2, -0.15) is 0 Å². The quantitative estimate of drug-likeness (QED) is 0.633. The van der Waals surface area contributed by atoms with Crippen molar-refractivity contribution < 1.29 is 14.3 Å². The van der Waals surface area contributed by atoms with Gasteiger partial charge >= 0.3 is 5.97 Å². The van der Waals surface area contributed by atoms with Crippen LogP contribution < -0.4 is 0 Å². The summed E-state index contributed by atoms with van der Waals surface area (Å²) in [6.45, 7) is 5.62. The maximum absolute atomic E-state index is 12.5. The van der Waals surface area contributed by atoms with Gasteiger partial charge in [0.25, 0.3) is 0 Å². The molecular formula is C12H23FO2S. The monoisotopic (exact) mass is 250 g/mol. The Labute approximate surface area is 102 Å². The van der Waals surface area contributed by atoms with Crippen LogP contribution >= 0.6 is 11.8 Å². The zero-order chi connectivity index (χ0) is 12.6. The predicted molar refractivity (Wildman–Crippen MR) is 67.8 cm³/mol. The van der Waals surface area contributed by atoms with Crippen molar-refractivity contribution in [1.29, 1.82) is 0 Å². The van der Waals surface area contributed by atoms with E-state index in [2.05, 4.69) is 0 Å². The summed E-state index contributed by atoms with van der Waals surface area (Å²) in [5.74, 6) is 0.494. The Morgan fingerprint density at radius 1 is 1.31 bits per heavy atom. The van der Waals surface area contributed by atoms with Crippen LogP contribution in [-0.4, -0.2) is 28.3 Å². The third-order valence-electron chi connectivity index (χ3n) is 2.28. The minimum Gasteiger partial charge on any atom is -0.480 e. The summed E-state index contributed by atoms with van der Waals surface area (Å²) >= 11 is 1.49. The molecule has 0 aliphatic carbocycles. The number of hydrogen-bond donors (Lipinski definition) is 1. The highest BCUT2D eigenvalue weighted by atomic mass is 32.2. The second-order valence-electron chi connectivity index (χ2n) is 4.60. The molecule has 2 unspecified atom stereocenters. The Balaban J connectivity index is 3.64. The van der Waals surface area contributed by atoms with E-state index in [1.165, 1.54) is 11.8 Å². The van der Waals surface area contributed by atoms with Crippen molar-refractivity contribution in [3.8, 4) is 0 Å². The molecule has 0 fully saturated rings. The van der Waals surface area contributed by atoms with Gasteiger partial charge in [-0.25, -0.2) is 4.39 Å². The molecule has 4 heteroatoms. The van der Waals surface area contributed by atoms with Gasteiger partial charge in [0.15, 0.2) is 0 Å². The van der Waals surface area contributed by atoms with E-state index < -0.39 is 12.1 Å². The molecule has 0 amide bonds. The topological polar surface area (TPSA) is 37.3 Å². The van der Waals surface area contributed by atoms with Gasteiger partial charge in [-0.1, -0.05) is 13.8 Å². The average molecular weight is 250 g/mol. The van der Waals surface area contributed by atoms with Crippen LogP contribution in [0.3, 0.4) is 0 Å². The molecule has 16 heavy (non-hydrogen) atoms. The number of rotatable bonds is 9. The van der Waals surface area contributed by atoms with E-state index in [0.29, 0.717) is 18.8 Å². The molecule has 2 nitrogen and oxygen atoms in total. The summed E-state index contributed by atoms with van der Waals surface area (Å²) in [5.41, 5.74) is 0. The highest BCUT2D eigenvalue weighted by molar-refractivity contribution is 8.00. The number of halogens is 1. The van der Waals surface area contributed by atoms with Crippen LogP contribution in [0.1, 0.15) is 46.5 Å². The fourth-order valence-corrected chi connectivity index (χ4v) is 2.74. The van der Waals surface area contributed by atoms with E-state index in [4.69, 9.17) is 5.11 Å². The van der Waals surface area contributed by atoms with E-state index in [-0.39, 0.29) is 5.25 Å². The van der Waals surface area contributed by atoms with Crippen molar-refractivity contribution in [3.05, 3.63) is 0 Å². The van der Waals surface area contributed by atoms with Crippen LogP contribution in [0.2, 0.25) is 0 Å². The van der Waals surface area contributed by atoms with Crippen LogP contribution in [0.15, 0.2) is 0 Å². The lowest BCUT2D eigenvalue weighted by molar-refractivity contribution is -0.136. The number of alkyl halides is 1. The fraction of sp³-hybridized carbons (Fsp3) is 0.917. The van der Waals surface area contributed by atoms with Crippen molar-refractivity contribution in [2.45, 2.75) is 57.9 Å². The highest BCUT2D eigenvalue weighted by Gasteiger charge is 2.18. The van der Waals surface area contributed by atoms with Crippen LogP contribution in [0, 0.1) is 5.92 Å². The molecule has 0 aliphatic rings. The van der Waals surface area contributed by atoms with Gasteiger partial charge in [0.1, 0.15) is 5.25 Å². The molecule has 0 saturated carbocycles. The van der Waals surface area contributed by atoms with E-state index in [9.17, 15) is 9.18 Å². The Bertz CT molecular complexity index is 195. The second-order valence-corrected chi connectivity index (χ2v) is 5.91. The Morgan fingerprint density at radius 2 is 1.94 bits per heavy atom. The number of hydrogen-bond acceptors (Lipinski definition) is 2. The Morgan fingerprint density at radius 3 is 2.38 bits per heavy atom. The summed E-state index contributed by atoms with van der Waals surface area (Å²) in [5, 5.41) is 8.68. The van der Waals surface area contributed by atoms with Crippen LogP contribution in [0.4, 0.5) is 4.39 Å². The maximum Gasteiger partial charge on any atom is 0.316 e. The average Bonchev–Trinajstić information content (AvgIpc) is 2.14. The summed E-state index contributed by atoms with van der Waals surface area (Å²) in [7, 11) is 0. The lowest BCUT2D eigenvalue weighted by Crippen LogP contribution is -2.19. The van der Waals surface area contributed by atoms with E-state index in [1.54, 1.807) is 6.92 Å². The third kappa shape index (κ3) is 9.01. The van der Waals surface area contributed by atoms with Gasteiger partial charge in [0, 0.05) is 0 Å². The molecule has 0 rings (SSSR count). The van der Waals surface area contributed by atoms with Crippen molar-refractivity contribution in [1.82, 2.24) is 0 Å². The number of thioether (sulfide) groups is 1. The molecule has 0 bridgehead atoms. The van der Waals surface area contributed by atoms with Crippen LogP contribution in [-0.2, 0) is 4.79 Å². The SMILES string of the molecule is CC(C)CC(SCCCCC(C)F)C(=O)O. The number of carboxylic acids is 1. The first kappa shape index (κ1) is 15.8. The molecule has 0 aliphatic heterocycles.